The van der Waals surface area contributed by atoms with Gasteiger partial charge in [-0.3, -0.25) is 10.1 Å². The number of halogens is 1. The highest BCUT2D eigenvalue weighted by Crippen LogP contribution is 2.22. The smallest absolute Gasteiger partial charge is 0.255 e. The number of amides is 1. The van der Waals surface area contributed by atoms with Crippen LogP contribution < -0.4 is 11.1 Å². The zero-order valence-electron chi connectivity index (χ0n) is 11.7. The molecule has 3 rings (SSSR count). The van der Waals surface area contributed by atoms with Crippen molar-refractivity contribution in [3.8, 4) is 0 Å². The number of carbonyl (C=O) groups excluding carboxylic acids is 1. The highest BCUT2D eigenvalue weighted by molar-refractivity contribution is 5.94. The number of ether oxygens (including phenoxy) is 1. The van der Waals surface area contributed by atoms with Crippen LogP contribution in [0.25, 0.3) is 11.0 Å². The minimum absolute atomic E-state index is 0.0599. The van der Waals surface area contributed by atoms with Crippen molar-refractivity contribution in [1.29, 1.82) is 0 Å². The number of carbonyl (C=O) groups is 1. The van der Waals surface area contributed by atoms with Gasteiger partial charge in [0, 0.05) is 19.7 Å². The second-order valence-corrected chi connectivity index (χ2v) is 5.18. The summed E-state index contributed by atoms with van der Waals surface area (Å²) >= 11 is 0. The van der Waals surface area contributed by atoms with Gasteiger partial charge in [-0.2, -0.15) is 0 Å². The summed E-state index contributed by atoms with van der Waals surface area (Å²) in [4.78, 5) is 16.4. The van der Waals surface area contributed by atoms with Crippen molar-refractivity contribution in [3.05, 3.63) is 24.0 Å². The largest absolute Gasteiger partial charge is 0.364 e. The van der Waals surface area contributed by atoms with E-state index in [1.54, 1.807) is 17.7 Å². The molecule has 0 aliphatic carbocycles. The topological polar surface area (TPSA) is 82.2 Å². The number of benzene rings is 1. The monoisotopic (exact) mass is 292 g/mol. The van der Waals surface area contributed by atoms with Gasteiger partial charge in [-0.15, -0.1) is 0 Å². The second-order valence-electron chi connectivity index (χ2n) is 5.18. The van der Waals surface area contributed by atoms with Gasteiger partial charge in [0.25, 0.3) is 5.91 Å². The van der Waals surface area contributed by atoms with Crippen molar-refractivity contribution in [2.75, 3.05) is 11.9 Å². The van der Waals surface area contributed by atoms with Crippen LogP contribution in [0.2, 0.25) is 0 Å². The SMILES string of the molecule is Cn1c(NC(=O)[C@@H]2CC[C@H](CN)O2)nc2cc(F)ccc21. The first kappa shape index (κ1) is 14.0. The van der Waals surface area contributed by atoms with Crippen LogP contribution in [0.5, 0.6) is 0 Å². The molecule has 3 N–H and O–H groups in total. The number of aryl methyl sites for hydroxylation is 1. The third-order valence-electron chi connectivity index (χ3n) is 3.74. The van der Waals surface area contributed by atoms with Gasteiger partial charge in [0.15, 0.2) is 0 Å². The molecule has 1 aromatic heterocycles. The van der Waals surface area contributed by atoms with E-state index in [0.717, 1.165) is 11.9 Å². The molecule has 2 atom stereocenters. The van der Waals surface area contributed by atoms with E-state index in [9.17, 15) is 9.18 Å². The van der Waals surface area contributed by atoms with Crippen molar-refractivity contribution in [2.45, 2.75) is 25.0 Å². The predicted molar refractivity (Wildman–Crippen MR) is 76.3 cm³/mol. The third kappa shape index (κ3) is 2.62. The first-order chi connectivity index (χ1) is 10.1. The number of anilines is 1. The number of rotatable bonds is 3. The summed E-state index contributed by atoms with van der Waals surface area (Å²) in [7, 11) is 1.76. The summed E-state index contributed by atoms with van der Waals surface area (Å²) in [5.41, 5.74) is 6.78. The Balaban J connectivity index is 1.79. The molecule has 6 nitrogen and oxygen atoms in total. The van der Waals surface area contributed by atoms with Gasteiger partial charge >= 0.3 is 0 Å². The maximum Gasteiger partial charge on any atom is 0.255 e. The van der Waals surface area contributed by atoms with E-state index in [-0.39, 0.29) is 17.8 Å². The quantitative estimate of drug-likeness (QED) is 0.889. The molecule has 7 heteroatoms. The molecule has 0 saturated carbocycles. The molecule has 0 radical (unpaired) electrons. The van der Waals surface area contributed by atoms with Crippen LogP contribution in [0.3, 0.4) is 0 Å². The van der Waals surface area contributed by atoms with Gasteiger partial charge in [-0.1, -0.05) is 0 Å². The minimum atomic E-state index is -0.505. The van der Waals surface area contributed by atoms with E-state index in [1.165, 1.54) is 12.1 Å². The highest BCUT2D eigenvalue weighted by atomic mass is 19.1. The van der Waals surface area contributed by atoms with Gasteiger partial charge in [-0.05, 0) is 25.0 Å². The summed E-state index contributed by atoms with van der Waals surface area (Å²) < 4.78 is 20.5. The van der Waals surface area contributed by atoms with E-state index in [2.05, 4.69) is 10.3 Å². The second kappa shape index (κ2) is 5.42. The Morgan fingerprint density at radius 2 is 2.38 bits per heavy atom. The Kier molecular flexibility index (Phi) is 3.60. The molecule has 2 aromatic rings. The molecule has 1 aliphatic heterocycles. The Morgan fingerprint density at radius 3 is 3.10 bits per heavy atom. The molecule has 1 amide bonds. The van der Waals surface area contributed by atoms with Crippen molar-refractivity contribution >= 4 is 22.9 Å². The van der Waals surface area contributed by atoms with E-state index in [4.69, 9.17) is 10.5 Å². The molecule has 1 aromatic carbocycles. The fourth-order valence-corrected chi connectivity index (χ4v) is 2.55. The van der Waals surface area contributed by atoms with Crippen LogP contribution in [0.1, 0.15) is 12.8 Å². The lowest BCUT2D eigenvalue weighted by Gasteiger charge is -2.12. The molecule has 0 unspecified atom stereocenters. The van der Waals surface area contributed by atoms with E-state index in [0.29, 0.717) is 24.4 Å². The summed E-state index contributed by atoms with van der Waals surface area (Å²) in [5.74, 6) is -0.228. The lowest BCUT2D eigenvalue weighted by molar-refractivity contribution is -0.126. The molecule has 0 bridgehead atoms. The fourth-order valence-electron chi connectivity index (χ4n) is 2.55. The van der Waals surface area contributed by atoms with Gasteiger partial charge < -0.3 is 15.0 Å². The fraction of sp³-hybridized carbons (Fsp3) is 0.429. The first-order valence-electron chi connectivity index (χ1n) is 6.87. The van der Waals surface area contributed by atoms with Crippen LogP contribution in [0.15, 0.2) is 18.2 Å². The zero-order valence-corrected chi connectivity index (χ0v) is 11.7. The molecule has 1 aliphatic rings. The Hall–Kier alpha value is -1.99. The molecule has 2 heterocycles. The van der Waals surface area contributed by atoms with Crippen LogP contribution >= 0.6 is 0 Å². The number of hydrogen-bond acceptors (Lipinski definition) is 4. The first-order valence-corrected chi connectivity index (χ1v) is 6.87. The number of imidazole rings is 1. The number of nitrogens with zero attached hydrogens (tertiary/aromatic N) is 2. The van der Waals surface area contributed by atoms with Crippen molar-refractivity contribution in [2.24, 2.45) is 12.8 Å². The maximum absolute atomic E-state index is 13.2. The highest BCUT2D eigenvalue weighted by Gasteiger charge is 2.30. The molecule has 0 spiro atoms. The van der Waals surface area contributed by atoms with E-state index < -0.39 is 6.10 Å². The number of fused-ring (bicyclic) bond motifs is 1. The summed E-state index contributed by atoms with van der Waals surface area (Å²) in [5, 5.41) is 2.73. The molecular formula is C14H17FN4O2. The van der Waals surface area contributed by atoms with Gasteiger partial charge in [0.05, 0.1) is 17.1 Å². The standard InChI is InChI=1S/C14H17FN4O2/c1-19-11-4-2-8(15)6-10(11)17-14(19)18-13(20)12-5-3-9(7-16)21-12/h2,4,6,9,12H,3,5,7,16H2,1H3,(H,17,18,20)/t9-,12+/m1/s1. The summed E-state index contributed by atoms with van der Waals surface area (Å²) in [6.07, 6.45) is 0.861. The number of hydrogen-bond donors (Lipinski definition) is 2. The average molecular weight is 292 g/mol. The number of aromatic nitrogens is 2. The summed E-state index contributed by atoms with van der Waals surface area (Å²) in [6.45, 7) is 0.412. The minimum Gasteiger partial charge on any atom is -0.364 e. The van der Waals surface area contributed by atoms with Gasteiger partial charge in [0.1, 0.15) is 11.9 Å². The molecule has 1 saturated heterocycles. The van der Waals surface area contributed by atoms with Crippen molar-refractivity contribution < 1.29 is 13.9 Å². The van der Waals surface area contributed by atoms with Gasteiger partial charge in [-0.25, -0.2) is 9.37 Å². The van der Waals surface area contributed by atoms with Crippen molar-refractivity contribution in [1.82, 2.24) is 9.55 Å². The summed E-state index contributed by atoms with van der Waals surface area (Å²) in [6, 6.07) is 4.33. The predicted octanol–water partition coefficient (Wildman–Crippen LogP) is 1.16. The van der Waals surface area contributed by atoms with Gasteiger partial charge in [0.2, 0.25) is 5.95 Å². The van der Waals surface area contributed by atoms with E-state index >= 15 is 0 Å². The molecule has 21 heavy (non-hydrogen) atoms. The Labute approximate surface area is 121 Å². The zero-order chi connectivity index (χ0) is 15.0. The molecule has 112 valence electrons. The molecule has 1 fully saturated rings. The normalized spacial score (nSPS) is 21.9. The number of nitrogens with two attached hydrogens (primary N) is 1. The van der Waals surface area contributed by atoms with Crippen LogP contribution in [-0.4, -0.2) is 34.2 Å². The van der Waals surface area contributed by atoms with Crippen LogP contribution in [0, 0.1) is 5.82 Å². The van der Waals surface area contributed by atoms with E-state index in [1.807, 2.05) is 0 Å². The Morgan fingerprint density at radius 1 is 1.57 bits per heavy atom. The maximum atomic E-state index is 13.2. The lowest BCUT2D eigenvalue weighted by atomic mass is 10.2. The lowest BCUT2D eigenvalue weighted by Crippen LogP contribution is -2.30. The van der Waals surface area contributed by atoms with Crippen LogP contribution in [-0.2, 0) is 16.6 Å². The van der Waals surface area contributed by atoms with Crippen molar-refractivity contribution in [3.63, 3.8) is 0 Å². The number of nitrogens with one attached hydrogen (secondary N) is 1. The third-order valence-corrected chi connectivity index (χ3v) is 3.74. The molecular weight excluding hydrogens is 275 g/mol. The Bertz CT molecular complexity index is 685. The average Bonchev–Trinajstić information content (AvgIpc) is 3.05. The van der Waals surface area contributed by atoms with Crippen LogP contribution in [0.4, 0.5) is 10.3 Å².